The smallest absolute Gasteiger partial charge is 0.223 e. The average molecular weight is 283 g/mol. The van der Waals surface area contributed by atoms with E-state index >= 15 is 0 Å². The lowest BCUT2D eigenvalue weighted by Gasteiger charge is -2.31. The Kier molecular flexibility index (Phi) is 7.59. The number of hydrogen-bond donors (Lipinski definition) is 1. The Morgan fingerprint density at radius 2 is 1.90 bits per heavy atom. The number of nitrogens with one attached hydrogen (secondary N) is 1. The number of likely N-dealkylation sites (tertiary alicyclic amines) is 1. The molecule has 0 radical (unpaired) electrons. The van der Waals surface area contributed by atoms with Crippen molar-refractivity contribution in [3.8, 4) is 0 Å². The lowest BCUT2D eigenvalue weighted by molar-refractivity contribution is -0.135. The molecule has 0 unspecified atom stereocenters. The van der Waals surface area contributed by atoms with E-state index in [0.29, 0.717) is 13.0 Å². The first-order valence-electron chi connectivity index (χ1n) is 7.82. The van der Waals surface area contributed by atoms with Gasteiger partial charge in [-0.05, 0) is 32.9 Å². The molecule has 0 saturated carbocycles. The van der Waals surface area contributed by atoms with E-state index in [1.165, 1.54) is 0 Å². The standard InChI is InChI=1S/C15H29N3O2/c1-4-6-14(19)18-10-7-13(8-11-18)15(20)16-9-12-17(3)5-2/h13H,4-12H2,1-3H3,(H,16,20). The van der Waals surface area contributed by atoms with E-state index in [-0.39, 0.29) is 17.7 Å². The number of rotatable bonds is 7. The normalized spacial score (nSPS) is 16.5. The van der Waals surface area contributed by atoms with Crippen molar-refractivity contribution in [2.75, 3.05) is 39.8 Å². The Labute approximate surface area is 122 Å². The van der Waals surface area contributed by atoms with E-state index in [1.54, 1.807) is 0 Å². The molecule has 20 heavy (non-hydrogen) atoms. The Balaban J connectivity index is 2.23. The highest BCUT2D eigenvalue weighted by Crippen LogP contribution is 2.18. The lowest BCUT2D eigenvalue weighted by atomic mass is 9.95. The largest absolute Gasteiger partial charge is 0.355 e. The van der Waals surface area contributed by atoms with Gasteiger partial charge in [0.15, 0.2) is 0 Å². The van der Waals surface area contributed by atoms with E-state index in [2.05, 4.69) is 17.1 Å². The predicted octanol–water partition coefficient (Wildman–Crippen LogP) is 1.09. The second-order valence-corrected chi connectivity index (χ2v) is 5.59. The zero-order chi connectivity index (χ0) is 15.0. The van der Waals surface area contributed by atoms with Crippen molar-refractivity contribution in [1.82, 2.24) is 15.1 Å². The number of piperidine rings is 1. The van der Waals surface area contributed by atoms with Crippen LogP contribution in [0.3, 0.4) is 0 Å². The maximum Gasteiger partial charge on any atom is 0.223 e. The third kappa shape index (κ3) is 5.49. The van der Waals surface area contributed by atoms with Crippen LogP contribution in [0.1, 0.15) is 39.5 Å². The van der Waals surface area contributed by atoms with Gasteiger partial charge in [0.2, 0.25) is 11.8 Å². The molecule has 0 bridgehead atoms. The Morgan fingerprint density at radius 1 is 1.25 bits per heavy atom. The van der Waals surface area contributed by atoms with Gasteiger partial charge in [0, 0.05) is 38.5 Å². The molecule has 1 N–H and O–H groups in total. The third-order valence-electron chi connectivity index (χ3n) is 4.01. The quantitative estimate of drug-likeness (QED) is 0.761. The molecular weight excluding hydrogens is 254 g/mol. The van der Waals surface area contributed by atoms with Crippen LogP contribution in [0.25, 0.3) is 0 Å². The minimum atomic E-state index is 0.0765. The van der Waals surface area contributed by atoms with Crippen molar-refractivity contribution < 1.29 is 9.59 Å². The fourth-order valence-corrected chi connectivity index (χ4v) is 2.44. The third-order valence-corrected chi connectivity index (χ3v) is 4.01. The summed E-state index contributed by atoms with van der Waals surface area (Å²) in [6, 6.07) is 0. The highest BCUT2D eigenvalue weighted by atomic mass is 16.2. The van der Waals surface area contributed by atoms with Gasteiger partial charge in [0.05, 0.1) is 0 Å². The second kappa shape index (κ2) is 8.95. The van der Waals surface area contributed by atoms with Crippen LogP contribution in [-0.4, -0.2) is 61.4 Å². The summed E-state index contributed by atoms with van der Waals surface area (Å²) in [6.45, 7) is 8.16. The predicted molar refractivity (Wildman–Crippen MR) is 80.4 cm³/mol. The number of hydrogen-bond acceptors (Lipinski definition) is 3. The van der Waals surface area contributed by atoms with Crippen molar-refractivity contribution in [2.45, 2.75) is 39.5 Å². The monoisotopic (exact) mass is 283 g/mol. The van der Waals surface area contributed by atoms with Crippen LogP contribution in [0.15, 0.2) is 0 Å². The second-order valence-electron chi connectivity index (χ2n) is 5.59. The van der Waals surface area contributed by atoms with Crippen LogP contribution in [0.5, 0.6) is 0 Å². The molecule has 0 aromatic rings. The summed E-state index contributed by atoms with van der Waals surface area (Å²) in [7, 11) is 2.05. The molecule has 116 valence electrons. The Hall–Kier alpha value is -1.10. The van der Waals surface area contributed by atoms with E-state index in [0.717, 1.165) is 45.4 Å². The highest BCUT2D eigenvalue weighted by molar-refractivity contribution is 5.80. The number of nitrogens with zero attached hydrogens (tertiary/aromatic N) is 2. The molecule has 2 amide bonds. The van der Waals surface area contributed by atoms with Crippen molar-refractivity contribution in [3.05, 3.63) is 0 Å². The summed E-state index contributed by atoms with van der Waals surface area (Å²) in [5.41, 5.74) is 0. The number of likely N-dealkylation sites (N-methyl/N-ethyl adjacent to an activating group) is 1. The topological polar surface area (TPSA) is 52.7 Å². The summed E-state index contributed by atoms with van der Waals surface area (Å²) >= 11 is 0. The molecule has 0 aromatic heterocycles. The van der Waals surface area contributed by atoms with Crippen LogP contribution in [0.2, 0.25) is 0 Å². The maximum atomic E-state index is 12.0. The fourth-order valence-electron chi connectivity index (χ4n) is 2.44. The zero-order valence-corrected chi connectivity index (χ0v) is 13.2. The molecular formula is C15H29N3O2. The summed E-state index contributed by atoms with van der Waals surface area (Å²) in [5.74, 6) is 0.459. The molecule has 0 spiro atoms. The number of amides is 2. The molecule has 1 aliphatic heterocycles. The molecule has 0 aromatic carbocycles. The van der Waals surface area contributed by atoms with E-state index < -0.39 is 0 Å². The van der Waals surface area contributed by atoms with Crippen molar-refractivity contribution >= 4 is 11.8 Å². The van der Waals surface area contributed by atoms with E-state index in [1.807, 2.05) is 18.9 Å². The number of carbonyl (C=O) groups excluding carboxylic acids is 2. The SMILES string of the molecule is CCCC(=O)N1CCC(C(=O)NCCN(C)CC)CC1. The van der Waals surface area contributed by atoms with Crippen LogP contribution in [0.4, 0.5) is 0 Å². The molecule has 1 aliphatic rings. The maximum absolute atomic E-state index is 12.0. The molecule has 1 saturated heterocycles. The van der Waals surface area contributed by atoms with Gasteiger partial charge in [-0.3, -0.25) is 9.59 Å². The molecule has 0 atom stereocenters. The average Bonchev–Trinajstić information content (AvgIpc) is 2.47. The first-order chi connectivity index (χ1) is 9.58. The van der Waals surface area contributed by atoms with Crippen LogP contribution in [0, 0.1) is 5.92 Å². The van der Waals surface area contributed by atoms with Crippen molar-refractivity contribution in [3.63, 3.8) is 0 Å². The molecule has 1 fully saturated rings. The van der Waals surface area contributed by atoms with Crippen LogP contribution in [-0.2, 0) is 9.59 Å². The van der Waals surface area contributed by atoms with Gasteiger partial charge in [0.1, 0.15) is 0 Å². The summed E-state index contributed by atoms with van der Waals surface area (Å²) in [5, 5.41) is 3.00. The molecule has 5 nitrogen and oxygen atoms in total. The minimum absolute atomic E-state index is 0.0765. The zero-order valence-electron chi connectivity index (χ0n) is 13.2. The van der Waals surface area contributed by atoms with Gasteiger partial charge in [-0.2, -0.15) is 0 Å². The lowest BCUT2D eigenvalue weighted by Crippen LogP contribution is -2.44. The highest BCUT2D eigenvalue weighted by Gasteiger charge is 2.26. The van der Waals surface area contributed by atoms with Gasteiger partial charge < -0.3 is 15.1 Å². The molecule has 1 heterocycles. The minimum Gasteiger partial charge on any atom is -0.355 e. The van der Waals surface area contributed by atoms with Gasteiger partial charge >= 0.3 is 0 Å². The van der Waals surface area contributed by atoms with E-state index in [4.69, 9.17) is 0 Å². The van der Waals surface area contributed by atoms with Gasteiger partial charge in [-0.15, -0.1) is 0 Å². The van der Waals surface area contributed by atoms with Gasteiger partial charge in [-0.25, -0.2) is 0 Å². The summed E-state index contributed by atoms with van der Waals surface area (Å²) < 4.78 is 0. The van der Waals surface area contributed by atoms with Gasteiger partial charge in [0.25, 0.3) is 0 Å². The number of carbonyl (C=O) groups is 2. The molecule has 0 aliphatic carbocycles. The summed E-state index contributed by atoms with van der Waals surface area (Å²) in [6.07, 6.45) is 3.11. The first kappa shape index (κ1) is 17.0. The Morgan fingerprint density at radius 3 is 2.45 bits per heavy atom. The van der Waals surface area contributed by atoms with Crippen molar-refractivity contribution in [2.24, 2.45) is 5.92 Å². The van der Waals surface area contributed by atoms with Crippen molar-refractivity contribution in [1.29, 1.82) is 0 Å². The molecule has 5 heteroatoms. The van der Waals surface area contributed by atoms with E-state index in [9.17, 15) is 9.59 Å². The molecule has 1 rings (SSSR count). The van der Waals surface area contributed by atoms with Crippen LogP contribution < -0.4 is 5.32 Å². The Bertz CT molecular complexity index is 312. The summed E-state index contributed by atoms with van der Waals surface area (Å²) in [4.78, 5) is 27.9. The van der Waals surface area contributed by atoms with Gasteiger partial charge in [-0.1, -0.05) is 13.8 Å². The fraction of sp³-hybridized carbons (Fsp3) is 0.867. The first-order valence-corrected chi connectivity index (χ1v) is 7.82. The van der Waals surface area contributed by atoms with Crippen LogP contribution >= 0.6 is 0 Å².